The third-order valence-corrected chi connectivity index (χ3v) is 9.00. The van der Waals surface area contributed by atoms with Crippen LogP contribution in [0.4, 0.5) is 11.4 Å². The van der Waals surface area contributed by atoms with E-state index in [2.05, 4.69) is 116 Å². The number of allylic oxidation sites excluding steroid dienone is 4. The minimum Gasteiger partial charge on any atom is -0.355 e. The molecule has 0 atom stereocenters. The molecule has 0 saturated carbocycles. The summed E-state index contributed by atoms with van der Waals surface area (Å²) in [7, 11) is 0. The average molecular weight is 450 g/mol. The summed E-state index contributed by atoms with van der Waals surface area (Å²) in [5.41, 5.74) is 16.3. The van der Waals surface area contributed by atoms with E-state index in [-0.39, 0.29) is 10.8 Å². The molecule has 3 aliphatic carbocycles. The van der Waals surface area contributed by atoms with Crippen LogP contribution < -0.4 is 5.32 Å². The van der Waals surface area contributed by atoms with Crippen molar-refractivity contribution in [3.05, 3.63) is 136 Å². The zero-order chi connectivity index (χ0) is 23.4. The second-order valence-electron chi connectivity index (χ2n) is 10.9. The summed E-state index contributed by atoms with van der Waals surface area (Å²) in [6, 6.07) is 32.0. The van der Waals surface area contributed by atoms with Gasteiger partial charge in [0.1, 0.15) is 0 Å². The van der Waals surface area contributed by atoms with E-state index >= 15 is 0 Å². The molecule has 35 heavy (non-hydrogen) atoms. The van der Waals surface area contributed by atoms with E-state index < -0.39 is 0 Å². The number of para-hydroxylation sites is 1. The molecule has 8 rings (SSSR count). The van der Waals surface area contributed by atoms with Crippen molar-refractivity contribution in [1.29, 1.82) is 0 Å². The fourth-order valence-electron chi connectivity index (χ4n) is 7.51. The average Bonchev–Trinajstić information content (AvgIpc) is 3.31. The first kappa shape index (κ1) is 19.5. The summed E-state index contributed by atoms with van der Waals surface area (Å²) < 4.78 is 0. The van der Waals surface area contributed by atoms with Gasteiger partial charge in [0, 0.05) is 16.8 Å². The van der Waals surface area contributed by atoms with Gasteiger partial charge in [-0.05, 0) is 81.1 Å². The van der Waals surface area contributed by atoms with Gasteiger partial charge in [-0.3, -0.25) is 0 Å². The maximum Gasteiger partial charge on any atom is 0.0754 e. The van der Waals surface area contributed by atoms with Crippen LogP contribution in [0.3, 0.4) is 0 Å². The van der Waals surface area contributed by atoms with Crippen LogP contribution in [0.25, 0.3) is 16.7 Å². The molecule has 1 heterocycles. The lowest BCUT2D eigenvalue weighted by molar-refractivity contribution is 0.607. The monoisotopic (exact) mass is 449 g/mol. The molecule has 4 aromatic rings. The Labute approximate surface area is 206 Å². The number of anilines is 2. The molecule has 0 bridgehead atoms. The molecule has 0 saturated heterocycles. The van der Waals surface area contributed by atoms with E-state index in [1.54, 1.807) is 5.57 Å². The number of benzene rings is 4. The Kier molecular flexibility index (Phi) is 3.58. The van der Waals surface area contributed by atoms with Crippen molar-refractivity contribution in [1.82, 2.24) is 0 Å². The zero-order valence-electron chi connectivity index (χ0n) is 20.2. The van der Waals surface area contributed by atoms with Gasteiger partial charge in [0.2, 0.25) is 0 Å². The van der Waals surface area contributed by atoms with Crippen molar-refractivity contribution < 1.29 is 0 Å². The van der Waals surface area contributed by atoms with Gasteiger partial charge in [-0.25, -0.2) is 0 Å². The third kappa shape index (κ3) is 2.20. The van der Waals surface area contributed by atoms with Gasteiger partial charge < -0.3 is 5.32 Å². The van der Waals surface area contributed by atoms with E-state index in [4.69, 9.17) is 0 Å². The van der Waals surface area contributed by atoms with Crippen molar-refractivity contribution >= 4 is 16.9 Å². The number of hydrogen-bond acceptors (Lipinski definition) is 1. The second-order valence-corrected chi connectivity index (χ2v) is 10.9. The van der Waals surface area contributed by atoms with Crippen molar-refractivity contribution in [3.63, 3.8) is 0 Å². The van der Waals surface area contributed by atoms with E-state index in [0.717, 1.165) is 12.8 Å². The molecular formula is C34H27N. The van der Waals surface area contributed by atoms with Crippen LogP contribution in [0.15, 0.2) is 103 Å². The van der Waals surface area contributed by atoms with Gasteiger partial charge in [-0.2, -0.15) is 0 Å². The highest BCUT2D eigenvalue weighted by Crippen LogP contribution is 2.62. The number of rotatable bonds is 0. The summed E-state index contributed by atoms with van der Waals surface area (Å²) in [6.07, 6.45) is 7.03. The molecular weight excluding hydrogens is 422 g/mol. The maximum absolute atomic E-state index is 3.87. The summed E-state index contributed by atoms with van der Waals surface area (Å²) in [6.45, 7) is 4.82. The van der Waals surface area contributed by atoms with Crippen molar-refractivity contribution in [3.8, 4) is 11.1 Å². The lowest BCUT2D eigenvalue weighted by atomic mass is 9.64. The van der Waals surface area contributed by atoms with E-state index in [0.29, 0.717) is 0 Å². The Hall–Kier alpha value is -3.84. The molecule has 4 aliphatic rings. The summed E-state index contributed by atoms with van der Waals surface area (Å²) in [5, 5.41) is 3.87. The first-order valence-electron chi connectivity index (χ1n) is 12.8. The molecule has 1 aliphatic heterocycles. The smallest absolute Gasteiger partial charge is 0.0754 e. The second kappa shape index (κ2) is 6.43. The van der Waals surface area contributed by atoms with E-state index in [9.17, 15) is 0 Å². The minimum atomic E-state index is -0.328. The van der Waals surface area contributed by atoms with Crippen molar-refractivity contribution in [2.24, 2.45) is 0 Å². The Morgan fingerprint density at radius 2 is 1.29 bits per heavy atom. The van der Waals surface area contributed by atoms with Gasteiger partial charge >= 0.3 is 0 Å². The van der Waals surface area contributed by atoms with Crippen molar-refractivity contribution in [2.75, 3.05) is 5.32 Å². The number of nitrogens with one attached hydrogen (secondary N) is 1. The fraction of sp³-hybridized carbons (Fsp3) is 0.176. The van der Waals surface area contributed by atoms with Crippen LogP contribution in [-0.2, 0) is 10.8 Å². The molecule has 1 heteroatoms. The van der Waals surface area contributed by atoms with E-state index in [1.165, 1.54) is 61.5 Å². The van der Waals surface area contributed by atoms with Gasteiger partial charge in [0.15, 0.2) is 0 Å². The number of fused-ring (bicyclic) bond motifs is 11. The van der Waals surface area contributed by atoms with Gasteiger partial charge in [0.05, 0.1) is 5.41 Å². The SMILES string of the molecule is CC1(C)C2=C(C=CCC2)c2cc3c(cc21)Nc1ccccc1C31c2ccccc2-c2ccccc21. The van der Waals surface area contributed by atoms with Gasteiger partial charge in [0.25, 0.3) is 0 Å². The molecule has 0 aromatic heterocycles. The first-order valence-corrected chi connectivity index (χ1v) is 12.8. The topological polar surface area (TPSA) is 12.0 Å². The van der Waals surface area contributed by atoms with E-state index in [1.807, 2.05) is 0 Å². The Balaban J connectivity index is 1.54. The third-order valence-electron chi connectivity index (χ3n) is 9.00. The normalized spacial score (nSPS) is 18.8. The standard InChI is InChI=1S/C34H27N/c1-33(2)25-14-6-3-13-23(25)24-19-30-32(20-29(24)33)35-31-18-10-9-17-28(31)34(30)26-15-7-4-11-21(26)22-12-5-8-16-27(22)34/h3-5,7-13,15-20,35H,6,14H2,1-2H3. The highest BCUT2D eigenvalue weighted by atomic mass is 14.9. The van der Waals surface area contributed by atoms with Crippen molar-refractivity contribution in [2.45, 2.75) is 37.5 Å². The van der Waals surface area contributed by atoms with Crippen LogP contribution in [0.2, 0.25) is 0 Å². The quantitative estimate of drug-likeness (QED) is 0.245. The molecule has 1 N–H and O–H groups in total. The predicted octanol–water partition coefficient (Wildman–Crippen LogP) is 8.50. The molecule has 0 radical (unpaired) electrons. The highest BCUT2D eigenvalue weighted by Gasteiger charge is 2.51. The minimum absolute atomic E-state index is 0.0573. The Morgan fingerprint density at radius 1 is 0.629 bits per heavy atom. The van der Waals surface area contributed by atoms with Crippen LogP contribution in [0.5, 0.6) is 0 Å². The Bertz CT molecular complexity index is 1600. The van der Waals surface area contributed by atoms with Crippen LogP contribution >= 0.6 is 0 Å². The molecule has 1 nitrogen and oxygen atoms in total. The molecule has 0 fully saturated rings. The lowest BCUT2D eigenvalue weighted by Gasteiger charge is -2.41. The van der Waals surface area contributed by atoms with Gasteiger partial charge in [-0.1, -0.05) is 98.3 Å². The molecule has 168 valence electrons. The number of hydrogen-bond donors (Lipinski definition) is 1. The first-order chi connectivity index (χ1) is 17.1. The molecule has 1 spiro atoms. The molecule has 0 unspecified atom stereocenters. The lowest BCUT2D eigenvalue weighted by Crippen LogP contribution is -2.33. The van der Waals surface area contributed by atoms with Crippen LogP contribution in [0, 0.1) is 0 Å². The summed E-state index contributed by atoms with van der Waals surface area (Å²) in [4.78, 5) is 0. The fourth-order valence-corrected chi connectivity index (χ4v) is 7.51. The predicted molar refractivity (Wildman–Crippen MR) is 145 cm³/mol. The zero-order valence-corrected chi connectivity index (χ0v) is 20.2. The highest BCUT2D eigenvalue weighted by molar-refractivity contribution is 5.95. The Morgan fingerprint density at radius 3 is 2.03 bits per heavy atom. The van der Waals surface area contributed by atoms with Gasteiger partial charge in [-0.15, -0.1) is 0 Å². The van der Waals surface area contributed by atoms with Crippen LogP contribution in [0.1, 0.15) is 60.1 Å². The van der Waals surface area contributed by atoms with Crippen LogP contribution in [-0.4, -0.2) is 0 Å². The molecule has 4 aromatic carbocycles. The molecule has 0 amide bonds. The maximum atomic E-state index is 3.87. The largest absolute Gasteiger partial charge is 0.355 e. The summed E-state index contributed by atoms with van der Waals surface area (Å²) >= 11 is 0. The summed E-state index contributed by atoms with van der Waals surface area (Å²) in [5.74, 6) is 0.